The Kier molecular flexibility index (Phi) is 3.29. The largest absolute Gasteiger partial charge is 0.339 e. The highest BCUT2D eigenvalue weighted by Gasteiger charge is 2.22. The molecule has 1 atom stereocenters. The summed E-state index contributed by atoms with van der Waals surface area (Å²) in [5, 5.41) is 7.22. The third-order valence-electron chi connectivity index (χ3n) is 3.48. The van der Waals surface area contributed by atoms with Gasteiger partial charge in [-0.25, -0.2) is 4.39 Å². The van der Waals surface area contributed by atoms with Crippen LogP contribution in [0.4, 0.5) is 4.39 Å². The van der Waals surface area contributed by atoms with E-state index in [1.165, 1.54) is 11.6 Å². The molecule has 0 fully saturated rings. The Labute approximate surface area is 111 Å². The fraction of sp³-hybridized carbons (Fsp3) is 0.429. The number of halogens is 1. The van der Waals surface area contributed by atoms with Crippen LogP contribution in [0, 0.1) is 12.7 Å². The van der Waals surface area contributed by atoms with Crippen LogP contribution >= 0.6 is 0 Å². The Bertz CT molecular complexity index is 582. The van der Waals surface area contributed by atoms with Crippen LogP contribution in [0.3, 0.4) is 0 Å². The molecule has 3 rings (SSSR count). The van der Waals surface area contributed by atoms with Gasteiger partial charge in [-0.05, 0) is 43.0 Å². The van der Waals surface area contributed by atoms with Crippen molar-refractivity contribution in [3.63, 3.8) is 0 Å². The average Bonchev–Trinajstić information content (AvgIpc) is 2.96. The molecule has 0 spiro atoms. The molecule has 1 aliphatic carbocycles. The van der Waals surface area contributed by atoms with Gasteiger partial charge in [-0.3, -0.25) is 0 Å². The summed E-state index contributed by atoms with van der Waals surface area (Å²) in [6, 6.07) is 5.35. The summed E-state index contributed by atoms with van der Waals surface area (Å²) in [5.74, 6) is 1.17. The van der Waals surface area contributed by atoms with Crippen molar-refractivity contribution >= 4 is 0 Å². The van der Waals surface area contributed by atoms with Gasteiger partial charge in [0.2, 0.25) is 5.89 Å². The van der Waals surface area contributed by atoms with E-state index in [2.05, 4.69) is 15.5 Å². The summed E-state index contributed by atoms with van der Waals surface area (Å²) >= 11 is 0. The first-order chi connectivity index (χ1) is 9.22. The molecule has 1 aliphatic rings. The summed E-state index contributed by atoms with van der Waals surface area (Å²) < 4.78 is 18.2. The van der Waals surface area contributed by atoms with Crippen molar-refractivity contribution in [2.75, 3.05) is 6.54 Å². The Morgan fingerprint density at radius 2 is 2.37 bits per heavy atom. The van der Waals surface area contributed by atoms with Crippen LogP contribution in [0.2, 0.25) is 0 Å². The van der Waals surface area contributed by atoms with E-state index in [1.54, 1.807) is 6.07 Å². The van der Waals surface area contributed by atoms with Crippen molar-refractivity contribution in [3.05, 3.63) is 46.9 Å². The highest BCUT2D eigenvalue weighted by molar-refractivity contribution is 5.34. The SMILES string of the molecule is Cc1noc(CCNC2CCc3cc(F)ccc32)n1. The van der Waals surface area contributed by atoms with E-state index in [4.69, 9.17) is 4.52 Å². The quantitative estimate of drug-likeness (QED) is 0.917. The van der Waals surface area contributed by atoms with Gasteiger partial charge < -0.3 is 9.84 Å². The molecule has 19 heavy (non-hydrogen) atoms. The fourth-order valence-electron chi connectivity index (χ4n) is 2.59. The van der Waals surface area contributed by atoms with E-state index in [0.717, 1.165) is 24.9 Å². The smallest absolute Gasteiger partial charge is 0.227 e. The van der Waals surface area contributed by atoms with Crippen LogP contribution in [0.15, 0.2) is 22.7 Å². The summed E-state index contributed by atoms with van der Waals surface area (Å²) in [5.41, 5.74) is 2.33. The van der Waals surface area contributed by atoms with E-state index < -0.39 is 0 Å². The molecular formula is C14H16FN3O. The number of fused-ring (bicyclic) bond motifs is 1. The Balaban J connectivity index is 1.58. The molecule has 5 heteroatoms. The van der Waals surface area contributed by atoms with Gasteiger partial charge in [0.05, 0.1) is 0 Å². The van der Waals surface area contributed by atoms with Gasteiger partial charge in [-0.15, -0.1) is 0 Å². The molecule has 0 amide bonds. The van der Waals surface area contributed by atoms with Gasteiger partial charge in [-0.2, -0.15) is 4.98 Å². The van der Waals surface area contributed by atoms with E-state index in [-0.39, 0.29) is 5.82 Å². The minimum atomic E-state index is -0.152. The molecule has 1 aromatic carbocycles. The molecule has 0 radical (unpaired) electrons. The summed E-state index contributed by atoms with van der Waals surface area (Å²) in [7, 11) is 0. The number of hydrogen-bond acceptors (Lipinski definition) is 4. The molecule has 0 aliphatic heterocycles. The number of benzene rings is 1. The van der Waals surface area contributed by atoms with Crippen molar-refractivity contribution in [1.29, 1.82) is 0 Å². The second-order valence-electron chi connectivity index (χ2n) is 4.87. The summed E-state index contributed by atoms with van der Waals surface area (Å²) in [6.45, 7) is 2.59. The van der Waals surface area contributed by atoms with Crippen LogP contribution in [0.5, 0.6) is 0 Å². The van der Waals surface area contributed by atoms with Gasteiger partial charge in [0.15, 0.2) is 5.82 Å². The standard InChI is InChI=1S/C14H16FN3O/c1-9-17-14(19-18-9)6-7-16-13-5-2-10-8-11(15)3-4-12(10)13/h3-4,8,13,16H,2,5-7H2,1H3. The van der Waals surface area contributed by atoms with Crippen molar-refractivity contribution in [1.82, 2.24) is 15.5 Å². The topological polar surface area (TPSA) is 51.0 Å². The van der Waals surface area contributed by atoms with Crippen LogP contribution in [0.1, 0.15) is 35.3 Å². The van der Waals surface area contributed by atoms with Crippen LogP contribution in [0.25, 0.3) is 0 Å². The lowest BCUT2D eigenvalue weighted by molar-refractivity contribution is 0.369. The third kappa shape index (κ3) is 2.66. The lowest BCUT2D eigenvalue weighted by Crippen LogP contribution is -2.22. The second-order valence-corrected chi connectivity index (χ2v) is 4.87. The maximum Gasteiger partial charge on any atom is 0.227 e. The fourth-order valence-corrected chi connectivity index (χ4v) is 2.59. The van der Waals surface area contributed by atoms with E-state index in [1.807, 2.05) is 13.0 Å². The van der Waals surface area contributed by atoms with Gasteiger partial charge in [0, 0.05) is 19.0 Å². The highest BCUT2D eigenvalue weighted by atomic mass is 19.1. The molecule has 1 N–H and O–H groups in total. The first kappa shape index (κ1) is 12.3. The maximum absolute atomic E-state index is 13.1. The minimum absolute atomic E-state index is 0.152. The molecule has 100 valence electrons. The van der Waals surface area contributed by atoms with Crippen LogP contribution in [-0.2, 0) is 12.8 Å². The third-order valence-corrected chi connectivity index (χ3v) is 3.48. The molecule has 1 aromatic heterocycles. The molecule has 0 bridgehead atoms. The van der Waals surface area contributed by atoms with Gasteiger partial charge in [0.1, 0.15) is 5.82 Å². The predicted octanol–water partition coefficient (Wildman–Crippen LogP) is 2.34. The van der Waals surface area contributed by atoms with Crippen molar-refractivity contribution in [2.24, 2.45) is 0 Å². The van der Waals surface area contributed by atoms with Crippen LogP contribution in [-0.4, -0.2) is 16.7 Å². The lowest BCUT2D eigenvalue weighted by atomic mass is 10.1. The summed E-state index contributed by atoms with van der Waals surface area (Å²) in [6.07, 6.45) is 2.67. The molecule has 4 nitrogen and oxygen atoms in total. The van der Waals surface area contributed by atoms with Gasteiger partial charge in [0.25, 0.3) is 0 Å². The maximum atomic E-state index is 13.1. The minimum Gasteiger partial charge on any atom is -0.339 e. The first-order valence-electron chi connectivity index (χ1n) is 6.53. The molecule has 0 saturated heterocycles. The van der Waals surface area contributed by atoms with E-state index in [0.29, 0.717) is 24.2 Å². The molecule has 2 aromatic rings. The molecular weight excluding hydrogens is 245 g/mol. The number of nitrogens with zero attached hydrogens (tertiary/aromatic N) is 2. The van der Waals surface area contributed by atoms with E-state index >= 15 is 0 Å². The zero-order chi connectivity index (χ0) is 13.2. The summed E-state index contributed by atoms with van der Waals surface area (Å²) in [4.78, 5) is 4.16. The Hall–Kier alpha value is -1.75. The van der Waals surface area contributed by atoms with Crippen molar-refractivity contribution < 1.29 is 8.91 Å². The predicted molar refractivity (Wildman–Crippen MR) is 68.2 cm³/mol. The van der Waals surface area contributed by atoms with Crippen molar-refractivity contribution in [3.8, 4) is 0 Å². The van der Waals surface area contributed by atoms with Crippen LogP contribution < -0.4 is 5.32 Å². The lowest BCUT2D eigenvalue weighted by Gasteiger charge is -2.13. The second kappa shape index (κ2) is 5.09. The van der Waals surface area contributed by atoms with E-state index in [9.17, 15) is 4.39 Å². The number of nitrogens with one attached hydrogen (secondary N) is 1. The highest BCUT2D eigenvalue weighted by Crippen LogP contribution is 2.31. The number of aryl methyl sites for hydroxylation is 2. The zero-order valence-corrected chi connectivity index (χ0v) is 10.8. The van der Waals surface area contributed by atoms with Crippen molar-refractivity contribution in [2.45, 2.75) is 32.2 Å². The monoisotopic (exact) mass is 261 g/mol. The molecule has 0 saturated carbocycles. The Morgan fingerprint density at radius 3 is 3.16 bits per heavy atom. The normalized spacial score (nSPS) is 17.7. The van der Waals surface area contributed by atoms with Gasteiger partial charge in [-0.1, -0.05) is 11.2 Å². The Morgan fingerprint density at radius 1 is 1.47 bits per heavy atom. The number of hydrogen-bond donors (Lipinski definition) is 1. The number of aromatic nitrogens is 2. The number of rotatable bonds is 4. The molecule has 1 heterocycles. The average molecular weight is 261 g/mol. The first-order valence-corrected chi connectivity index (χ1v) is 6.53. The van der Waals surface area contributed by atoms with Gasteiger partial charge >= 0.3 is 0 Å². The molecule has 1 unspecified atom stereocenters. The zero-order valence-electron chi connectivity index (χ0n) is 10.8.